The number of nitro groups is 1. The molecule has 3 aromatic carbocycles. The summed E-state index contributed by atoms with van der Waals surface area (Å²) < 4.78 is 35.9. The van der Waals surface area contributed by atoms with E-state index in [0.29, 0.717) is 23.6 Å². The van der Waals surface area contributed by atoms with Crippen LogP contribution in [0.4, 0.5) is 11.4 Å². The van der Waals surface area contributed by atoms with Crippen molar-refractivity contribution >= 4 is 49.4 Å². The number of halogens is 1. The fourth-order valence-corrected chi connectivity index (χ4v) is 4.51. The standard InChI is InChI=1S/C24H18BrN3O7S/c1-2-34-20-7-3-5-18(13-20)27-24(29)17(15-26)11-16-9-10-23(22(25)12-16)35-36(32,33)21-8-4-6-19(14-21)28(30)31/h3-14H,2H2,1H3,(H,27,29)/b17-11+. The van der Waals surface area contributed by atoms with Crippen molar-refractivity contribution < 1.29 is 27.1 Å². The predicted molar refractivity (Wildman–Crippen MR) is 135 cm³/mol. The van der Waals surface area contributed by atoms with E-state index in [-0.39, 0.29) is 20.7 Å². The highest BCUT2D eigenvalue weighted by molar-refractivity contribution is 9.10. The first-order valence-corrected chi connectivity index (χ1v) is 12.5. The molecule has 0 fully saturated rings. The Bertz CT molecular complexity index is 1500. The van der Waals surface area contributed by atoms with E-state index in [1.165, 1.54) is 36.4 Å². The average Bonchev–Trinajstić information content (AvgIpc) is 2.84. The Hall–Kier alpha value is -4.21. The number of hydrogen-bond acceptors (Lipinski definition) is 8. The zero-order valence-electron chi connectivity index (χ0n) is 18.7. The van der Waals surface area contributed by atoms with Gasteiger partial charge in [-0.1, -0.05) is 18.2 Å². The number of hydrogen-bond donors (Lipinski definition) is 1. The van der Waals surface area contributed by atoms with Gasteiger partial charge in [0.15, 0.2) is 5.75 Å². The number of anilines is 1. The van der Waals surface area contributed by atoms with Crippen LogP contribution in [0.15, 0.2) is 81.7 Å². The number of rotatable bonds is 9. The average molecular weight is 572 g/mol. The Morgan fingerprint density at radius 1 is 1.17 bits per heavy atom. The predicted octanol–water partition coefficient (Wildman–Crippen LogP) is 5.07. The van der Waals surface area contributed by atoms with Gasteiger partial charge < -0.3 is 14.2 Å². The smallest absolute Gasteiger partial charge is 0.339 e. The van der Waals surface area contributed by atoms with Gasteiger partial charge in [-0.2, -0.15) is 13.7 Å². The fourth-order valence-electron chi connectivity index (χ4n) is 2.94. The molecule has 3 rings (SSSR count). The highest BCUT2D eigenvalue weighted by atomic mass is 79.9. The second-order valence-corrected chi connectivity index (χ2v) is 9.47. The van der Waals surface area contributed by atoms with Gasteiger partial charge in [0.2, 0.25) is 0 Å². The number of carbonyl (C=O) groups is 1. The van der Waals surface area contributed by atoms with Gasteiger partial charge in [-0.25, -0.2) is 0 Å². The lowest BCUT2D eigenvalue weighted by molar-refractivity contribution is -0.385. The summed E-state index contributed by atoms with van der Waals surface area (Å²) in [4.78, 5) is 22.4. The van der Waals surface area contributed by atoms with Gasteiger partial charge in [0.1, 0.15) is 22.3 Å². The molecule has 36 heavy (non-hydrogen) atoms. The van der Waals surface area contributed by atoms with Gasteiger partial charge in [0.05, 0.1) is 16.0 Å². The fraction of sp³-hybridized carbons (Fsp3) is 0.0833. The second-order valence-electron chi connectivity index (χ2n) is 7.07. The quantitative estimate of drug-likeness (QED) is 0.123. The summed E-state index contributed by atoms with van der Waals surface area (Å²) in [5.74, 6) is -0.164. The third kappa shape index (κ3) is 6.68. The minimum atomic E-state index is -4.36. The summed E-state index contributed by atoms with van der Waals surface area (Å²) in [5.41, 5.74) is 0.271. The molecule has 10 nitrogen and oxygen atoms in total. The molecule has 3 aromatic rings. The molecule has 0 aromatic heterocycles. The molecule has 0 saturated heterocycles. The highest BCUT2D eigenvalue weighted by Gasteiger charge is 2.21. The highest BCUT2D eigenvalue weighted by Crippen LogP contribution is 2.30. The summed E-state index contributed by atoms with van der Waals surface area (Å²) in [6, 6.07) is 17.2. The van der Waals surface area contributed by atoms with Gasteiger partial charge in [-0.3, -0.25) is 14.9 Å². The van der Waals surface area contributed by atoms with Crippen LogP contribution in [-0.4, -0.2) is 25.9 Å². The van der Waals surface area contributed by atoms with Crippen LogP contribution in [0.3, 0.4) is 0 Å². The van der Waals surface area contributed by atoms with E-state index < -0.39 is 26.6 Å². The van der Waals surface area contributed by atoms with Crippen LogP contribution in [-0.2, 0) is 14.9 Å². The van der Waals surface area contributed by atoms with E-state index in [2.05, 4.69) is 21.2 Å². The van der Waals surface area contributed by atoms with Gasteiger partial charge in [0.25, 0.3) is 11.6 Å². The maximum absolute atomic E-state index is 12.6. The van der Waals surface area contributed by atoms with Crippen molar-refractivity contribution in [3.63, 3.8) is 0 Å². The lowest BCUT2D eigenvalue weighted by Crippen LogP contribution is -2.13. The summed E-state index contributed by atoms with van der Waals surface area (Å²) in [5, 5.41) is 23.0. The SMILES string of the molecule is CCOc1cccc(NC(=O)/C(C#N)=C/c2ccc(OS(=O)(=O)c3cccc([N+](=O)[O-])c3)c(Br)c2)c1. The second kappa shape index (κ2) is 11.5. The summed E-state index contributed by atoms with van der Waals surface area (Å²) in [6.45, 7) is 2.29. The van der Waals surface area contributed by atoms with Crippen molar-refractivity contribution in [2.75, 3.05) is 11.9 Å². The van der Waals surface area contributed by atoms with Gasteiger partial charge >= 0.3 is 10.1 Å². The van der Waals surface area contributed by atoms with E-state index in [9.17, 15) is 28.6 Å². The number of benzene rings is 3. The monoisotopic (exact) mass is 571 g/mol. The van der Waals surface area contributed by atoms with Crippen LogP contribution >= 0.6 is 15.9 Å². The molecular formula is C24H18BrN3O7S. The van der Waals surface area contributed by atoms with E-state index in [1.807, 2.05) is 13.0 Å². The van der Waals surface area contributed by atoms with Crippen LogP contribution in [0.2, 0.25) is 0 Å². The summed E-state index contributed by atoms with van der Waals surface area (Å²) in [7, 11) is -4.36. The molecule has 0 unspecified atom stereocenters. The number of nitrogens with zero attached hydrogens (tertiary/aromatic N) is 2. The van der Waals surface area contributed by atoms with E-state index in [4.69, 9.17) is 8.92 Å². The molecule has 1 amide bonds. The first-order valence-electron chi connectivity index (χ1n) is 10.3. The van der Waals surface area contributed by atoms with E-state index >= 15 is 0 Å². The van der Waals surface area contributed by atoms with Crippen molar-refractivity contribution in [1.82, 2.24) is 0 Å². The van der Waals surface area contributed by atoms with E-state index in [0.717, 1.165) is 12.1 Å². The van der Waals surface area contributed by atoms with Gasteiger partial charge in [0, 0.05) is 23.9 Å². The number of non-ortho nitro benzene ring substituents is 1. The Morgan fingerprint density at radius 3 is 2.58 bits per heavy atom. The van der Waals surface area contributed by atoms with Crippen molar-refractivity contribution in [3.05, 3.63) is 92.5 Å². The Labute approximate surface area is 215 Å². The molecule has 0 atom stereocenters. The molecule has 0 spiro atoms. The summed E-state index contributed by atoms with van der Waals surface area (Å²) >= 11 is 3.21. The molecule has 12 heteroatoms. The number of amides is 1. The third-order valence-electron chi connectivity index (χ3n) is 4.55. The van der Waals surface area contributed by atoms with E-state index in [1.54, 1.807) is 24.3 Å². The van der Waals surface area contributed by atoms with Crippen molar-refractivity contribution in [3.8, 4) is 17.6 Å². The van der Waals surface area contributed by atoms with Crippen molar-refractivity contribution in [1.29, 1.82) is 5.26 Å². The Balaban J connectivity index is 1.79. The van der Waals surface area contributed by atoms with Crippen LogP contribution in [0.5, 0.6) is 11.5 Å². The molecule has 0 bridgehead atoms. The largest absolute Gasteiger partial charge is 0.494 e. The van der Waals surface area contributed by atoms with Crippen molar-refractivity contribution in [2.45, 2.75) is 11.8 Å². The molecule has 184 valence electrons. The minimum absolute atomic E-state index is 0.0886. The zero-order valence-corrected chi connectivity index (χ0v) is 21.1. The summed E-state index contributed by atoms with van der Waals surface area (Å²) in [6.07, 6.45) is 1.32. The zero-order chi connectivity index (χ0) is 26.3. The number of nitro benzene ring substituents is 1. The molecular weight excluding hydrogens is 554 g/mol. The van der Waals surface area contributed by atoms with Crippen LogP contribution < -0.4 is 14.2 Å². The maximum Gasteiger partial charge on any atom is 0.339 e. The van der Waals surface area contributed by atoms with Crippen LogP contribution in [0.1, 0.15) is 12.5 Å². The molecule has 0 radical (unpaired) electrons. The molecule has 1 N–H and O–H groups in total. The third-order valence-corrected chi connectivity index (χ3v) is 6.40. The first-order chi connectivity index (χ1) is 17.1. The minimum Gasteiger partial charge on any atom is -0.494 e. The maximum atomic E-state index is 12.6. The lowest BCUT2D eigenvalue weighted by atomic mass is 10.1. The van der Waals surface area contributed by atoms with Gasteiger partial charge in [-0.15, -0.1) is 0 Å². The lowest BCUT2D eigenvalue weighted by Gasteiger charge is -2.10. The number of ether oxygens (including phenoxy) is 1. The first kappa shape index (κ1) is 26.4. The Kier molecular flexibility index (Phi) is 8.42. The van der Waals surface area contributed by atoms with Crippen LogP contribution in [0, 0.1) is 21.4 Å². The van der Waals surface area contributed by atoms with Crippen molar-refractivity contribution in [2.24, 2.45) is 0 Å². The molecule has 0 saturated carbocycles. The van der Waals surface area contributed by atoms with Crippen LogP contribution in [0.25, 0.3) is 6.08 Å². The number of nitrogens with one attached hydrogen (secondary N) is 1. The molecule has 0 aliphatic heterocycles. The Morgan fingerprint density at radius 2 is 1.92 bits per heavy atom. The molecule has 0 aliphatic carbocycles. The topological polar surface area (TPSA) is 149 Å². The van der Waals surface area contributed by atoms with Gasteiger partial charge in [-0.05, 0) is 64.8 Å². The molecule has 0 heterocycles. The number of carbonyl (C=O) groups excluding carboxylic acids is 1. The number of nitriles is 1. The normalized spacial score (nSPS) is 11.3. The molecule has 0 aliphatic rings.